The van der Waals surface area contributed by atoms with Crippen LogP contribution in [0.4, 0.5) is 0 Å². The number of hydrogen-bond donors (Lipinski definition) is 1. The second-order valence-corrected chi connectivity index (χ2v) is 9.09. The van der Waals surface area contributed by atoms with E-state index in [0.717, 1.165) is 61.6 Å². The van der Waals surface area contributed by atoms with Crippen molar-refractivity contribution < 1.29 is 0 Å². The summed E-state index contributed by atoms with van der Waals surface area (Å²) in [6.45, 7) is 5.34. The molecule has 2 fully saturated rings. The van der Waals surface area contributed by atoms with Gasteiger partial charge in [-0.2, -0.15) is 0 Å². The van der Waals surface area contributed by atoms with Crippen LogP contribution in [0.25, 0.3) is 11.0 Å². The number of likely N-dealkylation sites (tertiary alicyclic amines) is 2. The van der Waals surface area contributed by atoms with Gasteiger partial charge in [0.15, 0.2) is 0 Å². The van der Waals surface area contributed by atoms with Gasteiger partial charge in [-0.05, 0) is 62.5 Å². The van der Waals surface area contributed by atoms with Crippen LogP contribution >= 0.6 is 11.6 Å². The number of hydrogen-bond acceptors (Lipinski definition) is 3. The van der Waals surface area contributed by atoms with Crippen LogP contribution in [0.15, 0.2) is 53.3 Å². The minimum absolute atomic E-state index is 0.0301. The maximum Gasteiger partial charge on any atom is 0.326 e. The predicted molar refractivity (Wildman–Crippen MR) is 122 cm³/mol. The van der Waals surface area contributed by atoms with Crippen molar-refractivity contribution in [2.45, 2.75) is 44.3 Å². The summed E-state index contributed by atoms with van der Waals surface area (Å²) in [5.74, 6) is 0. The molecule has 1 aromatic heterocycles. The lowest BCUT2D eigenvalue weighted by atomic mass is 9.97. The molecule has 6 heteroatoms. The van der Waals surface area contributed by atoms with Crippen LogP contribution in [0, 0.1) is 0 Å². The fraction of sp³-hybridized carbons (Fsp3) is 0.458. The Morgan fingerprint density at radius 3 is 2.30 bits per heavy atom. The molecule has 3 heterocycles. The summed E-state index contributed by atoms with van der Waals surface area (Å²) >= 11 is 6.34. The number of aromatic amines is 1. The second kappa shape index (κ2) is 8.58. The highest BCUT2D eigenvalue weighted by Crippen LogP contribution is 2.29. The van der Waals surface area contributed by atoms with Gasteiger partial charge in [0.1, 0.15) is 0 Å². The molecule has 0 unspecified atom stereocenters. The van der Waals surface area contributed by atoms with Gasteiger partial charge in [0, 0.05) is 36.7 Å². The monoisotopic (exact) mass is 424 g/mol. The van der Waals surface area contributed by atoms with E-state index in [0.29, 0.717) is 12.1 Å². The first-order valence-electron chi connectivity index (χ1n) is 11.1. The van der Waals surface area contributed by atoms with Crippen molar-refractivity contribution in [3.05, 3.63) is 69.6 Å². The molecule has 0 atom stereocenters. The highest BCUT2D eigenvalue weighted by atomic mass is 35.5. The molecule has 1 N–H and O–H groups in total. The maximum absolute atomic E-state index is 12.5. The molecule has 2 aromatic carbocycles. The molecule has 5 nitrogen and oxygen atoms in total. The highest BCUT2D eigenvalue weighted by molar-refractivity contribution is 6.31. The van der Waals surface area contributed by atoms with E-state index >= 15 is 0 Å². The topological polar surface area (TPSA) is 44.3 Å². The van der Waals surface area contributed by atoms with Crippen LogP contribution in [0.1, 0.15) is 37.3 Å². The molecule has 5 rings (SSSR count). The molecule has 0 radical (unpaired) electrons. The molecule has 30 heavy (non-hydrogen) atoms. The number of H-pyrrole nitrogens is 1. The van der Waals surface area contributed by atoms with Crippen molar-refractivity contribution in [2.24, 2.45) is 0 Å². The van der Waals surface area contributed by atoms with Gasteiger partial charge in [0.25, 0.3) is 0 Å². The minimum atomic E-state index is 0.0301. The van der Waals surface area contributed by atoms with Gasteiger partial charge in [0.2, 0.25) is 0 Å². The molecule has 2 saturated heterocycles. The minimum Gasteiger partial charge on any atom is -0.306 e. The molecule has 158 valence electrons. The van der Waals surface area contributed by atoms with E-state index in [9.17, 15) is 4.79 Å². The molecule has 0 saturated carbocycles. The van der Waals surface area contributed by atoms with E-state index in [1.165, 1.54) is 18.4 Å². The first-order chi connectivity index (χ1) is 14.7. The van der Waals surface area contributed by atoms with Crippen molar-refractivity contribution in [3.63, 3.8) is 0 Å². The Kier molecular flexibility index (Phi) is 5.68. The summed E-state index contributed by atoms with van der Waals surface area (Å²) in [5.41, 5.74) is 3.23. The number of fused-ring (bicyclic) bond motifs is 1. The standard InChI is InChI=1S/C24H29ClN4O/c25-21-6-2-1-5-18(21)17-27-13-9-19(10-14-27)28-15-11-20(12-16-28)29-23-8-4-3-7-22(23)26-24(29)30/h1-8,19-20H,9-17H2,(H,26,30). The van der Waals surface area contributed by atoms with E-state index in [4.69, 9.17) is 11.6 Å². The number of imidazole rings is 1. The summed E-state index contributed by atoms with van der Waals surface area (Å²) in [4.78, 5) is 20.7. The molecular weight excluding hydrogens is 396 g/mol. The number of para-hydroxylation sites is 2. The molecule has 0 amide bonds. The summed E-state index contributed by atoms with van der Waals surface area (Å²) in [5, 5.41) is 0.870. The van der Waals surface area contributed by atoms with E-state index in [1.54, 1.807) is 0 Å². The first-order valence-corrected chi connectivity index (χ1v) is 11.5. The van der Waals surface area contributed by atoms with Crippen LogP contribution < -0.4 is 5.69 Å². The largest absolute Gasteiger partial charge is 0.326 e. The number of rotatable bonds is 4. The third-order valence-electron chi connectivity index (χ3n) is 6.91. The summed E-state index contributed by atoms with van der Waals surface area (Å²) < 4.78 is 1.98. The summed E-state index contributed by atoms with van der Waals surface area (Å²) in [6.07, 6.45) is 4.51. The van der Waals surface area contributed by atoms with Crippen molar-refractivity contribution in [3.8, 4) is 0 Å². The Hall–Kier alpha value is -2.08. The zero-order valence-corrected chi connectivity index (χ0v) is 18.0. The van der Waals surface area contributed by atoms with Crippen LogP contribution in [0.5, 0.6) is 0 Å². The van der Waals surface area contributed by atoms with Crippen LogP contribution in [-0.4, -0.2) is 51.6 Å². The van der Waals surface area contributed by atoms with Gasteiger partial charge in [0.05, 0.1) is 11.0 Å². The quantitative estimate of drug-likeness (QED) is 0.679. The molecule has 0 bridgehead atoms. The fourth-order valence-electron chi connectivity index (χ4n) is 5.26. The SMILES string of the molecule is O=c1[nH]c2ccccc2n1C1CCN(C2CCN(Cc3ccccc3Cl)CC2)CC1. The third-order valence-corrected chi connectivity index (χ3v) is 7.28. The second-order valence-electron chi connectivity index (χ2n) is 8.68. The molecule has 2 aliphatic rings. The lowest BCUT2D eigenvalue weighted by Crippen LogP contribution is -2.48. The number of nitrogens with zero attached hydrogens (tertiary/aromatic N) is 3. The Morgan fingerprint density at radius 2 is 1.53 bits per heavy atom. The van der Waals surface area contributed by atoms with Gasteiger partial charge in [-0.1, -0.05) is 41.9 Å². The van der Waals surface area contributed by atoms with Crippen LogP contribution in [-0.2, 0) is 6.54 Å². The zero-order chi connectivity index (χ0) is 20.5. The number of benzene rings is 2. The van der Waals surface area contributed by atoms with Gasteiger partial charge < -0.3 is 9.88 Å². The van der Waals surface area contributed by atoms with Gasteiger partial charge >= 0.3 is 5.69 Å². The Balaban J connectivity index is 1.16. The first kappa shape index (κ1) is 19.9. The average Bonchev–Trinajstić information content (AvgIpc) is 3.12. The van der Waals surface area contributed by atoms with E-state index < -0.39 is 0 Å². The predicted octanol–water partition coefficient (Wildman–Crippen LogP) is 4.28. The fourth-order valence-corrected chi connectivity index (χ4v) is 5.45. The molecule has 0 spiro atoms. The Labute approximate surface area is 182 Å². The summed E-state index contributed by atoms with van der Waals surface area (Å²) in [6, 6.07) is 17.1. The van der Waals surface area contributed by atoms with Crippen LogP contribution in [0.3, 0.4) is 0 Å². The number of piperidine rings is 2. The number of halogens is 1. The van der Waals surface area contributed by atoms with Crippen molar-refractivity contribution in [2.75, 3.05) is 26.2 Å². The molecule has 3 aromatic rings. The normalized spacial score (nSPS) is 20.2. The maximum atomic E-state index is 12.5. The molecule has 2 aliphatic heterocycles. The van der Waals surface area contributed by atoms with Gasteiger partial charge in [-0.3, -0.25) is 9.47 Å². The molecule has 0 aliphatic carbocycles. The van der Waals surface area contributed by atoms with Gasteiger partial charge in [-0.25, -0.2) is 4.79 Å². The van der Waals surface area contributed by atoms with Crippen molar-refractivity contribution >= 4 is 22.6 Å². The Morgan fingerprint density at radius 1 is 0.867 bits per heavy atom. The van der Waals surface area contributed by atoms with Crippen molar-refractivity contribution in [1.29, 1.82) is 0 Å². The average molecular weight is 425 g/mol. The van der Waals surface area contributed by atoms with E-state index in [2.05, 4.69) is 26.9 Å². The number of aromatic nitrogens is 2. The lowest BCUT2D eigenvalue weighted by Gasteiger charge is -2.42. The Bertz CT molecular complexity index is 1060. The van der Waals surface area contributed by atoms with Gasteiger partial charge in [-0.15, -0.1) is 0 Å². The van der Waals surface area contributed by atoms with Crippen molar-refractivity contribution in [1.82, 2.24) is 19.4 Å². The third kappa shape index (κ3) is 3.94. The summed E-state index contributed by atoms with van der Waals surface area (Å²) in [7, 11) is 0. The molecular formula is C24H29ClN4O. The smallest absolute Gasteiger partial charge is 0.306 e. The van der Waals surface area contributed by atoms with Crippen LogP contribution in [0.2, 0.25) is 5.02 Å². The van der Waals surface area contributed by atoms with E-state index in [-0.39, 0.29) is 5.69 Å². The zero-order valence-electron chi connectivity index (χ0n) is 17.3. The number of nitrogens with one attached hydrogen (secondary N) is 1. The lowest BCUT2D eigenvalue weighted by molar-refractivity contribution is 0.0770. The van der Waals surface area contributed by atoms with E-state index in [1.807, 2.05) is 41.0 Å². The highest BCUT2D eigenvalue weighted by Gasteiger charge is 2.30.